The van der Waals surface area contributed by atoms with E-state index in [1.807, 2.05) is 24.3 Å². The predicted molar refractivity (Wildman–Crippen MR) is 109 cm³/mol. The molecule has 2 rings (SSSR count). The molecule has 0 bridgehead atoms. The Hall–Kier alpha value is -2.44. The van der Waals surface area contributed by atoms with E-state index in [1.165, 1.54) is 0 Å². The van der Waals surface area contributed by atoms with Crippen molar-refractivity contribution >= 4 is 46.4 Å². The van der Waals surface area contributed by atoms with Gasteiger partial charge in [-0.3, -0.25) is 14.9 Å². The van der Waals surface area contributed by atoms with Crippen LogP contribution in [0.4, 0.5) is 5.69 Å². The van der Waals surface area contributed by atoms with Gasteiger partial charge in [-0.05, 0) is 60.6 Å². The van der Waals surface area contributed by atoms with Gasteiger partial charge < -0.3 is 10.2 Å². The average molecular weight is 390 g/mol. The maximum absolute atomic E-state index is 12.1. The molecular weight excluding hydrogens is 370 g/mol. The molecule has 0 aliphatic carbocycles. The average Bonchev–Trinajstić information content (AvgIpc) is 2.60. The second kappa shape index (κ2) is 9.31. The van der Waals surface area contributed by atoms with E-state index in [9.17, 15) is 9.59 Å². The fourth-order valence-electron chi connectivity index (χ4n) is 2.22. The molecule has 0 saturated carbocycles. The van der Waals surface area contributed by atoms with E-state index in [-0.39, 0.29) is 16.9 Å². The third-order valence-corrected chi connectivity index (χ3v) is 4.10. The molecule has 0 aliphatic heterocycles. The summed E-state index contributed by atoms with van der Waals surface area (Å²) in [4.78, 5) is 25.4. The highest BCUT2D eigenvalue weighted by Gasteiger charge is 2.09. The minimum atomic E-state index is -0.313. The van der Waals surface area contributed by atoms with Crippen molar-refractivity contribution in [2.24, 2.45) is 0 Å². The van der Waals surface area contributed by atoms with Crippen molar-refractivity contribution < 1.29 is 9.59 Å². The molecule has 0 fully saturated rings. The SMILES string of the molecule is CN(C)C(=O)CCc1cccc(NC(=S)NC(=O)c2ccc(Cl)cc2)c1. The van der Waals surface area contributed by atoms with Crippen LogP contribution < -0.4 is 10.6 Å². The number of anilines is 1. The Bertz CT molecular complexity index is 807. The highest BCUT2D eigenvalue weighted by molar-refractivity contribution is 7.80. The number of rotatable bonds is 5. The summed E-state index contributed by atoms with van der Waals surface area (Å²) in [5.41, 5.74) is 2.23. The van der Waals surface area contributed by atoms with Gasteiger partial charge in [-0.15, -0.1) is 0 Å². The Labute approximate surface area is 163 Å². The number of hydrogen-bond donors (Lipinski definition) is 2. The van der Waals surface area contributed by atoms with Crippen LogP contribution in [-0.2, 0) is 11.2 Å². The van der Waals surface area contributed by atoms with E-state index in [0.29, 0.717) is 23.4 Å². The summed E-state index contributed by atoms with van der Waals surface area (Å²) >= 11 is 11.0. The summed E-state index contributed by atoms with van der Waals surface area (Å²) in [5.74, 6) is -0.235. The van der Waals surface area contributed by atoms with Gasteiger partial charge in [0.15, 0.2) is 5.11 Å². The zero-order valence-corrected chi connectivity index (χ0v) is 16.2. The number of hydrogen-bond acceptors (Lipinski definition) is 3. The van der Waals surface area contributed by atoms with E-state index in [4.69, 9.17) is 23.8 Å². The molecule has 0 atom stereocenters. The minimum absolute atomic E-state index is 0.0779. The summed E-state index contributed by atoms with van der Waals surface area (Å²) < 4.78 is 0. The first-order chi connectivity index (χ1) is 12.3. The van der Waals surface area contributed by atoms with Crippen molar-refractivity contribution in [1.82, 2.24) is 10.2 Å². The Kier molecular flexibility index (Phi) is 7.12. The van der Waals surface area contributed by atoms with Crippen LogP contribution in [0, 0.1) is 0 Å². The van der Waals surface area contributed by atoms with E-state index >= 15 is 0 Å². The molecule has 0 spiro atoms. The van der Waals surface area contributed by atoms with Crippen LogP contribution in [0.15, 0.2) is 48.5 Å². The monoisotopic (exact) mass is 389 g/mol. The number of amides is 2. The highest BCUT2D eigenvalue weighted by atomic mass is 35.5. The topological polar surface area (TPSA) is 61.4 Å². The third-order valence-electron chi connectivity index (χ3n) is 3.64. The van der Waals surface area contributed by atoms with Crippen molar-refractivity contribution in [3.8, 4) is 0 Å². The first kappa shape index (κ1) is 19.9. The molecule has 2 N–H and O–H groups in total. The number of carbonyl (C=O) groups is 2. The van der Waals surface area contributed by atoms with Crippen LogP contribution in [0.1, 0.15) is 22.3 Å². The number of thiocarbonyl (C=S) groups is 1. The third kappa shape index (κ3) is 6.13. The van der Waals surface area contributed by atoms with Crippen molar-refractivity contribution in [3.05, 3.63) is 64.7 Å². The number of nitrogens with zero attached hydrogens (tertiary/aromatic N) is 1. The van der Waals surface area contributed by atoms with Crippen molar-refractivity contribution in [1.29, 1.82) is 0 Å². The fourth-order valence-corrected chi connectivity index (χ4v) is 2.55. The molecule has 0 aliphatic rings. The Balaban J connectivity index is 1.92. The molecule has 136 valence electrons. The van der Waals surface area contributed by atoms with E-state index < -0.39 is 0 Å². The normalized spacial score (nSPS) is 10.1. The van der Waals surface area contributed by atoms with E-state index in [2.05, 4.69) is 10.6 Å². The molecule has 0 saturated heterocycles. The summed E-state index contributed by atoms with van der Waals surface area (Å²) in [5, 5.41) is 6.37. The molecule has 7 heteroatoms. The van der Waals surface area contributed by atoms with Gasteiger partial charge in [-0.2, -0.15) is 0 Å². The summed E-state index contributed by atoms with van der Waals surface area (Å²) in [6.45, 7) is 0. The smallest absolute Gasteiger partial charge is 0.257 e. The number of halogens is 1. The summed E-state index contributed by atoms with van der Waals surface area (Å²) in [7, 11) is 3.48. The summed E-state index contributed by atoms with van der Waals surface area (Å²) in [6.07, 6.45) is 1.07. The molecule has 5 nitrogen and oxygen atoms in total. The first-order valence-electron chi connectivity index (χ1n) is 8.02. The Morgan fingerprint density at radius 2 is 1.81 bits per heavy atom. The zero-order chi connectivity index (χ0) is 19.1. The Morgan fingerprint density at radius 3 is 2.46 bits per heavy atom. The van der Waals surface area contributed by atoms with E-state index in [1.54, 1.807) is 43.3 Å². The number of carbonyl (C=O) groups excluding carboxylic acids is 2. The van der Waals surface area contributed by atoms with Crippen LogP contribution >= 0.6 is 23.8 Å². The zero-order valence-electron chi connectivity index (χ0n) is 14.6. The molecule has 0 unspecified atom stereocenters. The molecule has 0 radical (unpaired) electrons. The lowest BCUT2D eigenvalue weighted by Gasteiger charge is -2.12. The maximum atomic E-state index is 12.1. The van der Waals surface area contributed by atoms with Crippen molar-refractivity contribution in [3.63, 3.8) is 0 Å². The second-order valence-corrected chi connectivity index (χ2v) is 6.75. The quantitative estimate of drug-likeness (QED) is 0.768. The lowest BCUT2D eigenvalue weighted by atomic mass is 10.1. The van der Waals surface area contributed by atoms with Crippen LogP contribution in [-0.4, -0.2) is 35.9 Å². The van der Waals surface area contributed by atoms with Gasteiger partial charge in [0, 0.05) is 36.8 Å². The molecule has 2 aromatic carbocycles. The van der Waals surface area contributed by atoms with Gasteiger partial charge >= 0.3 is 0 Å². The predicted octanol–water partition coefficient (Wildman–Crippen LogP) is 3.49. The van der Waals surface area contributed by atoms with Crippen LogP contribution in [0.3, 0.4) is 0 Å². The lowest BCUT2D eigenvalue weighted by molar-refractivity contribution is -0.128. The van der Waals surface area contributed by atoms with Gasteiger partial charge in [-0.25, -0.2) is 0 Å². The number of benzene rings is 2. The van der Waals surface area contributed by atoms with Crippen molar-refractivity contribution in [2.75, 3.05) is 19.4 Å². The van der Waals surface area contributed by atoms with Crippen LogP contribution in [0.5, 0.6) is 0 Å². The number of nitrogens with one attached hydrogen (secondary N) is 2. The Morgan fingerprint density at radius 1 is 1.12 bits per heavy atom. The largest absolute Gasteiger partial charge is 0.349 e. The summed E-state index contributed by atoms with van der Waals surface area (Å²) in [6, 6.07) is 14.1. The molecule has 2 aromatic rings. The first-order valence-corrected chi connectivity index (χ1v) is 8.81. The molecule has 0 aromatic heterocycles. The van der Waals surface area contributed by atoms with Crippen molar-refractivity contribution in [2.45, 2.75) is 12.8 Å². The van der Waals surface area contributed by atoms with Gasteiger partial charge in [-0.1, -0.05) is 23.7 Å². The fraction of sp³-hybridized carbons (Fsp3) is 0.211. The maximum Gasteiger partial charge on any atom is 0.257 e. The van der Waals surface area contributed by atoms with Gasteiger partial charge in [0.05, 0.1) is 0 Å². The minimum Gasteiger partial charge on any atom is -0.349 e. The van der Waals surface area contributed by atoms with Crippen LogP contribution in [0.25, 0.3) is 0 Å². The highest BCUT2D eigenvalue weighted by Crippen LogP contribution is 2.13. The number of aryl methyl sites for hydroxylation is 1. The standard InChI is InChI=1S/C19H20ClN3O2S/c1-23(2)17(24)11-6-13-4-3-5-16(12-13)21-19(26)22-18(25)14-7-9-15(20)10-8-14/h3-5,7-10,12H,6,11H2,1-2H3,(H2,21,22,25,26). The molecule has 2 amide bonds. The molecule has 0 heterocycles. The van der Waals surface area contributed by atoms with Gasteiger partial charge in [0.2, 0.25) is 5.91 Å². The lowest BCUT2D eigenvalue weighted by Crippen LogP contribution is -2.34. The van der Waals surface area contributed by atoms with Gasteiger partial charge in [0.1, 0.15) is 0 Å². The molecule has 26 heavy (non-hydrogen) atoms. The second-order valence-electron chi connectivity index (χ2n) is 5.90. The van der Waals surface area contributed by atoms with Gasteiger partial charge in [0.25, 0.3) is 5.91 Å². The molecular formula is C19H20ClN3O2S. The van der Waals surface area contributed by atoms with Crippen LogP contribution in [0.2, 0.25) is 5.02 Å². The van der Waals surface area contributed by atoms with E-state index in [0.717, 1.165) is 11.3 Å².